The van der Waals surface area contributed by atoms with E-state index >= 15 is 0 Å². The smallest absolute Gasteiger partial charge is 0.394 e. The second-order valence-electron chi connectivity index (χ2n) is 10.4. The van der Waals surface area contributed by atoms with Crippen LogP contribution in [0.25, 0.3) is 0 Å². The molecule has 41 heavy (non-hydrogen) atoms. The van der Waals surface area contributed by atoms with Crippen molar-refractivity contribution in [2.24, 2.45) is 0 Å². The van der Waals surface area contributed by atoms with Crippen molar-refractivity contribution in [3.63, 3.8) is 0 Å². The summed E-state index contributed by atoms with van der Waals surface area (Å²) in [5.74, 6) is 0.335. The standard InChI is InChI=1S/C28H35ClF3N3O5S/c1-6-41(38,39)21-11-8-18(9-12-21)23(15-36)33-25(37)24-17(2)35(26(34-24)27(3,4)16-40-5)14-19-7-10-20(29)13-22(19)28(30,31)32/h7-13,23,25,33,36-37H,6,14-16H2,1-5H3. The fourth-order valence-corrected chi connectivity index (χ4v) is 5.72. The van der Waals surface area contributed by atoms with Gasteiger partial charge in [-0.1, -0.05) is 50.6 Å². The van der Waals surface area contributed by atoms with Crippen LogP contribution in [0.3, 0.4) is 0 Å². The van der Waals surface area contributed by atoms with Crippen LogP contribution >= 0.6 is 11.6 Å². The highest BCUT2D eigenvalue weighted by molar-refractivity contribution is 7.91. The third-order valence-electron chi connectivity index (χ3n) is 6.90. The van der Waals surface area contributed by atoms with Crippen molar-refractivity contribution < 1.29 is 36.5 Å². The molecule has 0 aliphatic heterocycles. The summed E-state index contributed by atoms with van der Waals surface area (Å²) in [7, 11) is -1.91. The number of benzene rings is 2. The molecular formula is C28H35ClF3N3O5S. The van der Waals surface area contributed by atoms with Crippen molar-refractivity contribution in [2.45, 2.75) is 63.0 Å². The van der Waals surface area contributed by atoms with Gasteiger partial charge in [-0.05, 0) is 42.3 Å². The van der Waals surface area contributed by atoms with E-state index in [4.69, 9.17) is 16.3 Å². The van der Waals surface area contributed by atoms with Crippen LogP contribution in [0.2, 0.25) is 5.02 Å². The van der Waals surface area contributed by atoms with Crippen molar-refractivity contribution in [1.29, 1.82) is 0 Å². The van der Waals surface area contributed by atoms with E-state index in [0.717, 1.165) is 6.07 Å². The summed E-state index contributed by atoms with van der Waals surface area (Å²) in [6, 6.07) is 8.73. The number of nitrogens with one attached hydrogen (secondary N) is 1. The van der Waals surface area contributed by atoms with E-state index in [1.807, 2.05) is 13.8 Å². The quantitative estimate of drug-likeness (QED) is 0.247. The molecule has 0 saturated heterocycles. The Kier molecular flexibility index (Phi) is 10.3. The van der Waals surface area contributed by atoms with E-state index in [1.165, 1.54) is 38.3 Å². The first kappa shape index (κ1) is 33.0. The molecule has 226 valence electrons. The summed E-state index contributed by atoms with van der Waals surface area (Å²) in [4.78, 5) is 4.79. The van der Waals surface area contributed by atoms with E-state index in [2.05, 4.69) is 10.3 Å². The van der Waals surface area contributed by atoms with Crippen LogP contribution in [-0.4, -0.2) is 54.3 Å². The Bertz CT molecular complexity index is 1460. The van der Waals surface area contributed by atoms with E-state index < -0.39 is 45.9 Å². The van der Waals surface area contributed by atoms with Crippen LogP contribution in [-0.2, 0) is 32.7 Å². The number of aliphatic hydroxyl groups excluding tert-OH is 2. The number of hydrogen-bond donors (Lipinski definition) is 3. The van der Waals surface area contributed by atoms with E-state index in [0.29, 0.717) is 17.1 Å². The number of alkyl halides is 3. The first-order valence-corrected chi connectivity index (χ1v) is 14.9. The van der Waals surface area contributed by atoms with E-state index in [-0.39, 0.29) is 40.1 Å². The van der Waals surface area contributed by atoms with E-state index in [1.54, 1.807) is 23.6 Å². The van der Waals surface area contributed by atoms with Crippen LogP contribution < -0.4 is 5.32 Å². The molecule has 0 saturated carbocycles. The number of sulfone groups is 1. The Balaban J connectivity index is 2.02. The topological polar surface area (TPSA) is 114 Å². The molecule has 0 bridgehead atoms. The molecular weight excluding hydrogens is 583 g/mol. The molecule has 8 nitrogen and oxygen atoms in total. The molecule has 1 aromatic heterocycles. The average molecular weight is 618 g/mol. The van der Waals surface area contributed by atoms with Crippen LogP contribution in [0.4, 0.5) is 13.2 Å². The zero-order valence-electron chi connectivity index (χ0n) is 23.5. The zero-order valence-corrected chi connectivity index (χ0v) is 25.0. The maximum Gasteiger partial charge on any atom is 0.416 e. The minimum atomic E-state index is -4.64. The third-order valence-corrected chi connectivity index (χ3v) is 8.88. The van der Waals surface area contributed by atoms with Crippen molar-refractivity contribution in [2.75, 3.05) is 26.1 Å². The van der Waals surface area contributed by atoms with Crippen LogP contribution in [0, 0.1) is 6.92 Å². The van der Waals surface area contributed by atoms with Gasteiger partial charge in [0.2, 0.25) is 0 Å². The third kappa shape index (κ3) is 7.49. The molecule has 2 unspecified atom stereocenters. The Hall–Kier alpha value is -2.48. The Morgan fingerprint density at radius 3 is 2.32 bits per heavy atom. The number of aromatic nitrogens is 2. The lowest BCUT2D eigenvalue weighted by molar-refractivity contribution is -0.138. The van der Waals surface area contributed by atoms with Gasteiger partial charge < -0.3 is 19.5 Å². The zero-order chi connectivity index (χ0) is 30.8. The number of halogens is 4. The highest BCUT2D eigenvalue weighted by Gasteiger charge is 2.36. The largest absolute Gasteiger partial charge is 0.416 e. The summed E-state index contributed by atoms with van der Waals surface area (Å²) in [6.07, 6.45) is -6.06. The number of ether oxygens (including phenoxy) is 1. The average Bonchev–Trinajstić information content (AvgIpc) is 3.24. The van der Waals surface area contributed by atoms with E-state index in [9.17, 15) is 31.8 Å². The van der Waals surface area contributed by atoms with Crippen molar-refractivity contribution >= 4 is 21.4 Å². The predicted octanol–water partition coefficient (Wildman–Crippen LogP) is 4.94. The number of nitrogens with zero attached hydrogens (tertiary/aromatic N) is 2. The molecule has 3 aromatic rings. The molecule has 3 rings (SSSR count). The van der Waals surface area contributed by atoms with Gasteiger partial charge in [-0.2, -0.15) is 13.2 Å². The van der Waals surface area contributed by atoms with Gasteiger partial charge in [0.05, 0.1) is 35.5 Å². The summed E-state index contributed by atoms with van der Waals surface area (Å²) in [5.41, 5.74) is -0.554. The first-order chi connectivity index (χ1) is 19.1. The Labute approximate surface area is 243 Å². The van der Waals surface area contributed by atoms with Crippen molar-refractivity contribution in [3.05, 3.63) is 81.4 Å². The molecule has 0 aliphatic rings. The van der Waals surface area contributed by atoms with Crippen LogP contribution in [0.15, 0.2) is 47.4 Å². The predicted molar refractivity (Wildman–Crippen MR) is 150 cm³/mol. The summed E-state index contributed by atoms with van der Waals surface area (Å²) < 4.78 is 72.8. The van der Waals surface area contributed by atoms with Gasteiger partial charge in [0.25, 0.3) is 0 Å². The van der Waals surface area contributed by atoms with Gasteiger partial charge in [0.15, 0.2) is 16.1 Å². The molecule has 1 heterocycles. The maximum absolute atomic E-state index is 13.9. The van der Waals surface area contributed by atoms with Gasteiger partial charge in [0.1, 0.15) is 11.5 Å². The van der Waals surface area contributed by atoms with Gasteiger partial charge in [-0.15, -0.1) is 0 Å². The SMILES string of the molecule is CCS(=O)(=O)c1ccc(C(CO)NC(O)c2nc(C(C)(C)COC)n(Cc3ccc(Cl)cc3C(F)(F)F)c2C)cc1. The second kappa shape index (κ2) is 12.8. The molecule has 2 aromatic carbocycles. The van der Waals surface area contributed by atoms with Gasteiger partial charge in [-0.25, -0.2) is 13.4 Å². The Morgan fingerprint density at radius 2 is 1.78 bits per heavy atom. The number of hydrogen-bond acceptors (Lipinski definition) is 7. The molecule has 0 fully saturated rings. The lowest BCUT2D eigenvalue weighted by atomic mass is 9.93. The molecule has 0 radical (unpaired) electrons. The number of imidazole rings is 1. The summed E-state index contributed by atoms with van der Waals surface area (Å²) >= 11 is 5.87. The number of aliphatic hydroxyl groups is 2. The lowest BCUT2D eigenvalue weighted by Crippen LogP contribution is -2.30. The molecule has 0 amide bonds. The van der Waals surface area contributed by atoms with Gasteiger partial charge in [-0.3, -0.25) is 5.32 Å². The fraction of sp³-hybridized carbons (Fsp3) is 0.464. The van der Waals surface area contributed by atoms with Gasteiger partial charge >= 0.3 is 6.18 Å². The lowest BCUT2D eigenvalue weighted by Gasteiger charge is -2.25. The molecule has 13 heteroatoms. The number of methoxy groups -OCH3 is 1. The fourth-order valence-electron chi connectivity index (χ4n) is 4.67. The minimum Gasteiger partial charge on any atom is -0.394 e. The monoisotopic (exact) mass is 617 g/mol. The summed E-state index contributed by atoms with van der Waals surface area (Å²) in [6.45, 7) is 6.40. The van der Waals surface area contributed by atoms with Crippen molar-refractivity contribution in [1.82, 2.24) is 14.9 Å². The normalized spacial score (nSPS) is 14.3. The second-order valence-corrected chi connectivity index (χ2v) is 13.1. The number of rotatable bonds is 12. The molecule has 2 atom stereocenters. The van der Waals surface area contributed by atoms with Crippen LogP contribution in [0.1, 0.15) is 66.9 Å². The molecule has 0 aliphatic carbocycles. The summed E-state index contributed by atoms with van der Waals surface area (Å²) in [5, 5.41) is 24.1. The van der Waals surface area contributed by atoms with Gasteiger partial charge in [0, 0.05) is 29.8 Å². The first-order valence-electron chi connectivity index (χ1n) is 12.9. The molecule has 3 N–H and O–H groups in total. The minimum absolute atomic E-state index is 0.0266. The highest BCUT2D eigenvalue weighted by atomic mass is 35.5. The van der Waals surface area contributed by atoms with Crippen molar-refractivity contribution in [3.8, 4) is 0 Å². The molecule has 0 spiro atoms. The highest BCUT2D eigenvalue weighted by Crippen LogP contribution is 2.36. The Morgan fingerprint density at radius 1 is 1.15 bits per heavy atom. The maximum atomic E-state index is 13.9. The van der Waals surface area contributed by atoms with Crippen LogP contribution in [0.5, 0.6) is 0 Å².